The van der Waals surface area contributed by atoms with Crippen molar-refractivity contribution in [2.24, 2.45) is 0 Å². The van der Waals surface area contributed by atoms with Crippen LogP contribution < -0.4 is 16.0 Å². The van der Waals surface area contributed by atoms with Crippen LogP contribution in [0, 0.1) is 0 Å². The molecule has 0 amide bonds. The summed E-state index contributed by atoms with van der Waals surface area (Å²) in [7, 11) is 2.92. The van der Waals surface area contributed by atoms with Crippen molar-refractivity contribution in [1.29, 1.82) is 0 Å². The fraction of sp³-hybridized carbons (Fsp3) is 0.411. The molecule has 16 nitrogen and oxygen atoms in total. The van der Waals surface area contributed by atoms with Gasteiger partial charge in [0.05, 0.1) is 64.5 Å². The van der Waals surface area contributed by atoms with E-state index >= 15 is 0 Å². The number of aromatic nitrogens is 6. The molecule has 21 rings (SSSR count). The van der Waals surface area contributed by atoms with Crippen LogP contribution in [-0.4, -0.2) is 110 Å². The Kier molecular flexibility index (Phi) is 20.7. The zero-order chi connectivity index (χ0) is 75.2. The van der Waals surface area contributed by atoms with Crippen molar-refractivity contribution in [3.8, 4) is 33.8 Å². The lowest BCUT2D eigenvalue weighted by Gasteiger charge is -2.25. The average Bonchev–Trinajstić information content (AvgIpc) is 1.58. The average molecular weight is 1480 g/mol. The van der Waals surface area contributed by atoms with Crippen molar-refractivity contribution in [3.63, 3.8) is 0 Å². The van der Waals surface area contributed by atoms with Crippen molar-refractivity contribution in [3.05, 3.63) is 191 Å². The quantitative estimate of drug-likeness (QED) is 0.107. The molecule has 0 unspecified atom stereocenters. The number of methoxy groups -OCH3 is 2. The van der Waals surface area contributed by atoms with Crippen LogP contribution in [-0.2, 0) is 53.5 Å². The molecule has 6 aromatic heterocycles. The van der Waals surface area contributed by atoms with E-state index in [0.717, 1.165) is 129 Å². The fourth-order valence-electron chi connectivity index (χ4n) is 21.0. The predicted octanol–water partition coefficient (Wildman–Crippen LogP) is 20.1. The molecular formula is C95H105N9O7. The van der Waals surface area contributed by atoms with Gasteiger partial charge in [0.15, 0.2) is 0 Å². The second kappa shape index (κ2) is 31.6. The van der Waals surface area contributed by atoms with Crippen LogP contribution in [0.1, 0.15) is 218 Å². The Bertz CT molecular complexity index is 5660. The number of ether oxygens (including phenoxy) is 2. The van der Waals surface area contributed by atoms with Gasteiger partial charge in [-0.25, -0.2) is 14.4 Å². The highest BCUT2D eigenvalue weighted by Gasteiger charge is 2.35. The first kappa shape index (κ1) is 72.5. The second-order valence-corrected chi connectivity index (χ2v) is 32.6. The van der Waals surface area contributed by atoms with Gasteiger partial charge in [0.25, 0.3) is 0 Å². The van der Waals surface area contributed by atoms with Crippen molar-refractivity contribution < 1.29 is 33.8 Å². The molecule has 16 heteroatoms. The van der Waals surface area contributed by atoms with Gasteiger partial charge in [-0.05, 0) is 172 Å². The molecule has 0 radical (unpaired) electrons. The molecular weight excluding hydrogens is 1380 g/mol. The molecule has 9 aliphatic rings. The summed E-state index contributed by atoms with van der Waals surface area (Å²) < 4.78 is 25.0. The molecule has 0 atom stereocenters. The highest BCUT2D eigenvalue weighted by Crippen LogP contribution is 2.52. The number of carboxylic acid groups (broad SMARTS) is 1. The maximum atomic E-state index is 12.5. The van der Waals surface area contributed by atoms with Crippen molar-refractivity contribution >= 4 is 100 Å². The molecule has 1 saturated heterocycles. The van der Waals surface area contributed by atoms with E-state index in [-0.39, 0.29) is 11.9 Å². The van der Waals surface area contributed by atoms with Crippen LogP contribution in [0.2, 0.25) is 0 Å². The summed E-state index contributed by atoms with van der Waals surface area (Å²) in [6.07, 6.45) is 37.7. The Morgan fingerprint density at radius 2 is 0.793 bits per heavy atom. The number of benzene rings is 6. The van der Waals surface area contributed by atoms with Gasteiger partial charge in [-0.15, -0.1) is 0 Å². The van der Waals surface area contributed by atoms with Crippen LogP contribution in [0.25, 0.3) is 110 Å². The van der Waals surface area contributed by atoms with Crippen molar-refractivity contribution in [1.82, 2.24) is 43.4 Å². The van der Waals surface area contributed by atoms with Crippen molar-refractivity contribution in [2.75, 3.05) is 53.5 Å². The Hall–Kier alpha value is -10.0. The summed E-state index contributed by atoms with van der Waals surface area (Å²) in [6, 6.07) is 40.9. The highest BCUT2D eigenvalue weighted by molar-refractivity contribution is 6.09. The van der Waals surface area contributed by atoms with Crippen LogP contribution in [0.3, 0.4) is 0 Å². The van der Waals surface area contributed by atoms with Gasteiger partial charge in [-0.1, -0.05) is 143 Å². The third kappa shape index (κ3) is 13.6. The maximum Gasteiger partial charge on any atom is 0.337 e. The Labute approximate surface area is 649 Å². The van der Waals surface area contributed by atoms with Gasteiger partial charge in [-0.3, -0.25) is 4.79 Å². The standard InChI is InChI=1S/C32H35N3O2.C31H33N3O2.C27H28N2O2.C5H9NO/c1-37-32(36)23-11-12-25-28(19-23)35-18-6-17-34-20-27(21-13-15-33-16-14-21)24-9-5-10-26(30(24)34)31(35)29(25)22-7-3-2-4-8-22;35-31(36)22-10-11-24-27(18-22)34-17-5-16-33-19-26(20-12-14-32-15-13-20)23-8-4-9-25(29(23)33)30(34)28(24)21-6-2-1-3-7-21;1-31-27(30)20-11-12-21-23(17-20)29-15-6-14-28-16-13-19-9-5-10-22(25(19)28)26(29)24(21)18-7-3-2-4-8-18;7-5-1-3-6-4-2-5/h5,9-13,19-20,22,33H,2-4,6-8,14-18H2,1H3;4,8-12,18-19,21,32H,1-3,5-7,13-17H2,(H,35,36);5,9-13,16-18H,2-4,6-8,14-15H2,1H3;6H,1-4H2. The Balaban J connectivity index is 0.000000112. The fourth-order valence-corrected chi connectivity index (χ4v) is 21.0. The summed E-state index contributed by atoms with van der Waals surface area (Å²) in [5.74, 6) is 0.678. The van der Waals surface area contributed by atoms with E-state index in [2.05, 4.69) is 165 Å². The summed E-state index contributed by atoms with van der Waals surface area (Å²) in [6.45, 7) is 11.5. The number of para-hydroxylation sites is 3. The van der Waals surface area contributed by atoms with Crippen LogP contribution in [0.15, 0.2) is 146 Å². The monoisotopic (exact) mass is 1480 g/mol. The van der Waals surface area contributed by atoms with Crippen LogP contribution >= 0.6 is 0 Å². The number of carboxylic acids is 1. The number of Topliss-reactive ketones (excluding diaryl/α,β-unsaturated/α-hetero) is 1. The molecule has 12 heterocycles. The van der Waals surface area contributed by atoms with Gasteiger partial charge in [-0.2, -0.15) is 0 Å². The van der Waals surface area contributed by atoms with Crippen LogP contribution in [0.4, 0.5) is 0 Å². The lowest BCUT2D eigenvalue weighted by molar-refractivity contribution is -0.119. The third-order valence-electron chi connectivity index (χ3n) is 26.1. The molecule has 4 fully saturated rings. The number of carbonyl (C=O) groups excluding carboxylic acids is 3. The number of ketones is 1. The number of piperidine rings is 1. The minimum atomic E-state index is -0.853. The van der Waals surface area contributed by atoms with Gasteiger partial charge in [0.2, 0.25) is 0 Å². The lowest BCUT2D eigenvalue weighted by Crippen LogP contribution is -2.27. The molecule has 6 aliphatic heterocycles. The number of rotatable bonds is 8. The molecule has 0 spiro atoms. The number of hydrogen-bond acceptors (Lipinski definition) is 9. The largest absolute Gasteiger partial charge is 0.478 e. The summed E-state index contributed by atoms with van der Waals surface area (Å²) in [4.78, 5) is 47.1. The van der Waals surface area contributed by atoms with Crippen LogP contribution in [0.5, 0.6) is 0 Å². The number of aryl methyl sites for hydroxylation is 6. The van der Waals surface area contributed by atoms with E-state index in [1.54, 1.807) is 6.07 Å². The van der Waals surface area contributed by atoms with E-state index < -0.39 is 5.97 Å². The number of esters is 2. The van der Waals surface area contributed by atoms with Gasteiger partial charge in [0, 0.05) is 174 Å². The number of fused-ring (bicyclic) bond motifs is 12. The van der Waals surface area contributed by atoms with Gasteiger partial charge in [0.1, 0.15) is 5.78 Å². The maximum absolute atomic E-state index is 12.5. The SMILES string of the molecule is COC(=O)c1ccc2c(C3CCCCC3)c3n(c2c1)CCCn1cc(C2=CCNCC2)c2cccc-3c21.COC(=O)c1ccc2c(C3CCCCC3)c3n(c2c1)CCCn1ccc2cccc-3c21.O=C(O)c1ccc2c(C3CCCCC3)c3n(c2c1)CCCn1cc(C2=CCNCC2)c2cccc-3c21.O=C1CCNCC1. The third-order valence-corrected chi connectivity index (χ3v) is 26.1. The first-order valence-corrected chi connectivity index (χ1v) is 41.8. The molecule has 4 N–H and O–H groups in total. The van der Waals surface area contributed by atoms with E-state index in [4.69, 9.17) is 9.47 Å². The molecule has 572 valence electrons. The van der Waals surface area contributed by atoms with E-state index in [0.29, 0.717) is 40.2 Å². The molecule has 3 aliphatic carbocycles. The summed E-state index contributed by atoms with van der Waals surface area (Å²) >= 11 is 0. The number of hydrogen-bond donors (Lipinski definition) is 4. The number of carbonyl (C=O) groups is 4. The smallest absolute Gasteiger partial charge is 0.337 e. The second-order valence-electron chi connectivity index (χ2n) is 32.6. The van der Waals surface area contributed by atoms with E-state index in [9.17, 15) is 24.3 Å². The first-order valence-electron chi connectivity index (χ1n) is 41.8. The zero-order valence-electron chi connectivity index (χ0n) is 64.7. The predicted molar refractivity (Wildman–Crippen MR) is 448 cm³/mol. The number of nitrogens with zero attached hydrogens (tertiary/aromatic N) is 6. The molecule has 3 saturated carbocycles. The zero-order valence-corrected chi connectivity index (χ0v) is 64.7. The lowest BCUT2D eigenvalue weighted by atomic mass is 9.81. The minimum Gasteiger partial charge on any atom is -0.478 e. The summed E-state index contributed by atoms with van der Waals surface area (Å²) in [5.41, 5.74) is 27.3. The van der Waals surface area contributed by atoms with E-state index in [1.807, 2.05) is 18.2 Å². The topological polar surface area (TPSA) is 173 Å². The molecule has 6 aromatic carbocycles. The van der Waals surface area contributed by atoms with Gasteiger partial charge >= 0.3 is 17.9 Å². The normalized spacial score (nSPS) is 18.3. The molecule has 0 bridgehead atoms. The molecule has 111 heavy (non-hydrogen) atoms. The highest BCUT2D eigenvalue weighted by atomic mass is 16.5. The number of nitrogens with one attached hydrogen (secondary N) is 3. The molecule has 12 aromatic rings. The van der Waals surface area contributed by atoms with Crippen molar-refractivity contribution in [2.45, 2.75) is 198 Å². The van der Waals surface area contributed by atoms with Gasteiger partial charge < -0.3 is 57.9 Å². The van der Waals surface area contributed by atoms with E-state index in [1.165, 1.54) is 243 Å². The minimum absolute atomic E-state index is 0.265. The summed E-state index contributed by atoms with van der Waals surface area (Å²) in [5, 5.41) is 27.7. The first-order chi connectivity index (χ1) is 54.6. The Morgan fingerprint density at radius 1 is 0.396 bits per heavy atom. The Morgan fingerprint density at radius 3 is 1.19 bits per heavy atom. The number of aromatic carboxylic acids is 1.